The van der Waals surface area contributed by atoms with E-state index in [0.717, 1.165) is 5.56 Å². The Morgan fingerprint density at radius 3 is 2.74 bits per heavy atom. The van der Waals surface area contributed by atoms with Crippen LogP contribution in [0.4, 0.5) is 10.5 Å². The van der Waals surface area contributed by atoms with Crippen molar-refractivity contribution in [2.75, 3.05) is 11.9 Å². The van der Waals surface area contributed by atoms with E-state index in [1.54, 1.807) is 24.1 Å². The largest absolute Gasteiger partial charge is 0.445 e. The number of rotatable bonds is 7. The van der Waals surface area contributed by atoms with Crippen molar-refractivity contribution in [3.8, 4) is 0 Å². The zero-order valence-corrected chi connectivity index (χ0v) is 13.0. The van der Waals surface area contributed by atoms with Crippen LogP contribution in [0.25, 0.3) is 0 Å². The lowest BCUT2D eigenvalue weighted by molar-refractivity contribution is -0.116. The Kier molecular flexibility index (Phi) is 6.17. The number of anilines is 1. The first-order valence-electron chi connectivity index (χ1n) is 7.36. The van der Waals surface area contributed by atoms with Gasteiger partial charge in [0.05, 0.1) is 11.9 Å². The van der Waals surface area contributed by atoms with Crippen molar-refractivity contribution in [3.05, 3.63) is 48.3 Å². The molecule has 0 bridgehead atoms. The van der Waals surface area contributed by atoms with Crippen molar-refractivity contribution in [3.63, 3.8) is 0 Å². The molecular formula is C16H20N4O3. The molecule has 1 aromatic heterocycles. The topological polar surface area (TPSA) is 85.2 Å². The highest BCUT2D eigenvalue weighted by molar-refractivity contribution is 5.90. The van der Waals surface area contributed by atoms with Crippen LogP contribution in [0.2, 0.25) is 0 Å². The van der Waals surface area contributed by atoms with Gasteiger partial charge in [-0.05, 0) is 12.0 Å². The van der Waals surface area contributed by atoms with Gasteiger partial charge in [0, 0.05) is 26.2 Å². The van der Waals surface area contributed by atoms with Crippen LogP contribution in [0.15, 0.2) is 42.7 Å². The molecule has 1 heterocycles. The summed E-state index contributed by atoms with van der Waals surface area (Å²) in [5.74, 6) is -0.113. The van der Waals surface area contributed by atoms with Crippen molar-refractivity contribution in [1.82, 2.24) is 15.1 Å². The van der Waals surface area contributed by atoms with E-state index in [2.05, 4.69) is 15.7 Å². The normalized spacial score (nSPS) is 10.1. The van der Waals surface area contributed by atoms with Crippen LogP contribution in [0, 0.1) is 0 Å². The molecule has 0 saturated heterocycles. The van der Waals surface area contributed by atoms with Crippen molar-refractivity contribution in [2.24, 2.45) is 7.05 Å². The van der Waals surface area contributed by atoms with Crippen LogP contribution >= 0.6 is 0 Å². The summed E-state index contributed by atoms with van der Waals surface area (Å²) in [7, 11) is 1.78. The highest BCUT2D eigenvalue weighted by Crippen LogP contribution is 2.04. The van der Waals surface area contributed by atoms with E-state index < -0.39 is 6.09 Å². The summed E-state index contributed by atoms with van der Waals surface area (Å²) >= 11 is 0. The third-order valence-corrected chi connectivity index (χ3v) is 3.05. The molecule has 7 nitrogen and oxygen atoms in total. The number of nitrogens with zero attached hydrogens (tertiary/aromatic N) is 2. The summed E-state index contributed by atoms with van der Waals surface area (Å²) in [6.07, 6.45) is 3.66. The molecule has 2 N–H and O–H groups in total. The molecule has 122 valence electrons. The lowest BCUT2D eigenvalue weighted by Crippen LogP contribution is -2.26. The molecule has 7 heteroatoms. The number of ether oxygens (including phenoxy) is 1. The zero-order valence-electron chi connectivity index (χ0n) is 13.0. The minimum atomic E-state index is -0.485. The van der Waals surface area contributed by atoms with Crippen LogP contribution < -0.4 is 10.6 Å². The summed E-state index contributed by atoms with van der Waals surface area (Å²) in [6.45, 7) is 0.613. The Bertz CT molecular complexity index is 640. The van der Waals surface area contributed by atoms with E-state index in [1.807, 2.05) is 30.3 Å². The van der Waals surface area contributed by atoms with Crippen LogP contribution in [0.1, 0.15) is 18.4 Å². The van der Waals surface area contributed by atoms with Gasteiger partial charge in [0.15, 0.2) is 0 Å². The van der Waals surface area contributed by atoms with E-state index in [4.69, 9.17) is 4.74 Å². The van der Waals surface area contributed by atoms with E-state index >= 15 is 0 Å². The molecule has 2 amide bonds. The number of carbonyl (C=O) groups excluding carboxylic acids is 2. The number of aromatic nitrogens is 2. The van der Waals surface area contributed by atoms with E-state index in [0.29, 0.717) is 25.1 Å². The number of carbonyl (C=O) groups is 2. The van der Waals surface area contributed by atoms with Crippen LogP contribution in [0.5, 0.6) is 0 Å². The molecule has 0 fully saturated rings. The molecule has 2 aromatic rings. The van der Waals surface area contributed by atoms with Crippen molar-refractivity contribution >= 4 is 17.7 Å². The van der Waals surface area contributed by atoms with Crippen LogP contribution in [0.3, 0.4) is 0 Å². The minimum Gasteiger partial charge on any atom is -0.445 e. The molecule has 0 atom stereocenters. The first kappa shape index (κ1) is 16.5. The molecule has 0 aliphatic rings. The Hall–Kier alpha value is -2.83. The maximum atomic E-state index is 11.7. The second kappa shape index (κ2) is 8.57. The number of benzene rings is 1. The van der Waals surface area contributed by atoms with Gasteiger partial charge < -0.3 is 15.4 Å². The van der Waals surface area contributed by atoms with Crippen LogP contribution in [-0.4, -0.2) is 28.3 Å². The van der Waals surface area contributed by atoms with Gasteiger partial charge in [0.1, 0.15) is 6.61 Å². The average Bonchev–Trinajstić information content (AvgIpc) is 2.95. The van der Waals surface area contributed by atoms with Crippen molar-refractivity contribution in [2.45, 2.75) is 19.4 Å². The molecule has 0 aliphatic carbocycles. The molecule has 23 heavy (non-hydrogen) atoms. The third-order valence-electron chi connectivity index (χ3n) is 3.05. The smallest absolute Gasteiger partial charge is 0.407 e. The number of amides is 2. The molecule has 0 saturated carbocycles. The minimum absolute atomic E-state index is 0.113. The van der Waals surface area contributed by atoms with E-state index in [-0.39, 0.29) is 12.5 Å². The summed E-state index contributed by atoms with van der Waals surface area (Å²) in [5, 5.41) is 9.31. The lowest BCUT2D eigenvalue weighted by Gasteiger charge is -2.07. The van der Waals surface area contributed by atoms with Gasteiger partial charge in [-0.15, -0.1) is 0 Å². The molecule has 2 rings (SSSR count). The van der Waals surface area contributed by atoms with Gasteiger partial charge in [-0.2, -0.15) is 5.10 Å². The van der Waals surface area contributed by atoms with Crippen molar-refractivity contribution in [1.29, 1.82) is 0 Å². The summed E-state index contributed by atoms with van der Waals surface area (Å²) < 4.78 is 6.68. The number of aryl methyl sites for hydroxylation is 1. The summed E-state index contributed by atoms with van der Waals surface area (Å²) in [4.78, 5) is 23.2. The van der Waals surface area contributed by atoms with Gasteiger partial charge in [-0.1, -0.05) is 30.3 Å². The zero-order chi connectivity index (χ0) is 16.5. The maximum Gasteiger partial charge on any atom is 0.407 e. The van der Waals surface area contributed by atoms with Crippen LogP contribution in [-0.2, 0) is 23.2 Å². The quantitative estimate of drug-likeness (QED) is 0.766. The fourth-order valence-electron chi connectivity index (χ4n) is 1.92. The molecule has 0 aliphatic heterocycles. The standard InChI is InChI=1S/C16H20N4O3/c1-20-11-14(10-18-20)19-15(21)8-5-9-17-16(22)23-12-13-6-3-2-4-7-13/h2-4,6-7,10-11H,5,8-9,12H2,1H3,(H,17,22)(H,19,21). The molecule has 0 spiro atoms. The Labute approximate surface area is 134 Å². The summed E-state index contributed by atoms with van der Waals surface area (Å²) in [6, 6.07) is 9.45. The Balaban J connectivity index is 1.56. The van der Waals surface area contributed by atoms with E-state index in [1.165, 1.54) is 0 Å². The van der Waals surface area contributed by atoms with Gasteiger partial charge in [0.2, 0.25) is 5.91 Å². The molecule has 0 radical (unpaired) electrons. The monoisotopic (exact) mass is 316 g/mol. The van der Waals surface area contributed by atoms with Gasteiger partial charge in [-0.25, -0.2) is 4.79 Å². The number of nitrogens with one attached hydrogen (secondary N) is 2. The van der Waals surface area contributed by atoms with Gasteiger partial charge >= 0.3 is 6.09 Å². The Morgan fingerprint density at radius 1 is 1.26 bits per heavy atom. The summed E-state index contributed by atoms with van der Waals surface area (Å²) in [5.41, 5.74) is 1.59. The fraction of sp³-hybridized carbons (Fsp3) is 0.312. The highest BCUT2D eigenvalue weighted by Gasteiger charge is 2.05. The molecule has 1 aromatic carbocycles. The SMILES string of the molecule is Cn1cc(NC(=O)CCCNC(=O)OCc2ccccc2)cn1. The highest BCUT2D eigenvalue weighted by atomic mass is 16.5. The van der Waals surface area contributed by atoms with E-state index in [9.17, 15) is 9.59 Å². The molecular weight excluding hydrogens is 296 g/mol. The Morgan fingerprint density at radius 2 is 2.04 bits per heavy atom. The van der Waals surface area contributed by atoms with Crippen molar-refractivity contribution < 1.29 is 14.3 Å². The number of hydrogen-bond acceptors (Lipinski definition) is 4. The maximum absolute atomic E-state index is 11.7. The predicted molar refractivity (Wildman–Crippen MR) is 85.7 cm³/mol. The fourth-order valence-corrected chi connectivity index (χ4v) is 1.92. The van der Waals surface area contributed by atoms with Gasteiger partial charge in [-0.3, -0.25) is 9.48 Å². The average molecular weight is 316 g/mol. The third kappa shape index (κ3) is 6.21. The second-order valence-electron chi connectivity index (χ2n) is 5.04. The first-order valence-corrected chi connectivity index (χ1v) is 7.36. The first-order chi connectivity index (χ1) is 11.1. The second-order valence-corrected chi connectivity index (χ2v) is 5.04. The number of hydrogen-bond donors (Lipinski definition) is 2. The predicted octanol–water partition coefficient (Wildman–Crippen LogP) is 2.07. The van der Waals surface area contributed by atoms with Gasteiger partial charge in [0.25, 0.3) is 0 Å². The number of alkyl carbamates (subject to hydrolysis) is 1. The molecule has 0 unspecified atom stereocenters. The lowest BCUT2D eigenvalue weighted by atomic mass is 10.2.